The number of aryl methyl sites for hydroxylation is 1. The van der Waals surface area contributed by atoms with Crippen molar-refractivity contribution >= 4 is 21.9 Å². The lowest BCUT2D eigenvalue weighted by atomic mass is 10.1. The number of hydrogen-bond acceptors (Lipinski definition) is 2. The van der Waals surface area contributed by atoms with Gasteiger partial charge in [0, 0.05) is 4.47 Å². The van der Waals surface area contributed by atoms with Gasteiger partial charge in [-0.1, -0.05) is 29.3 Å². The number of carbonyl (C=O) groups is 1. The zero-order valence-electron chi connectivity index (χ0n) is 9.05. The molecule has 15 heavy (non-hydrogen) atoms. The zero-order valence-corrected chi connectivity index (χ0v) is 10.6. The molecule has 1 aromatic carbocycles. The Kier molecular flexibility index (Phi) is 4.82. The standard InChI is InChI=1S/C12H15BrO2/c1-3-4-7-15-12(14)11-6-5-10(13)8-9(11)2/h5-6,8H,3-4,7H2,1-2H3. The quantitative estimate of drug-likeness (QED) is 0.616. The summed E-state index contributed by atoms with van der Waals surface area (Å²) in [6, 6.07) is 5.55. The maximum Gasteiger partial charge on any atom is 0.338 e. The Morgan fingerprint density at radius 3 is 2.80 bits per heavy atom. The third-order valence-corrected chi connectivity index (χ3v) is 2.63. The van der Waals surface area contributed by atoms with Crippen molar-refractivity contribution in [2.45, 2.75) is 26.7 Å². The van der Waals surface area contributed by atoms with Crippen LogP contribution in [0.3, 0.4) is 0 Å². The predicted molar refractivity (Wildman–Crippen MR) is 64.1 cm³/mol. The summed E-state index contributed by atoms with van der Waals surface area (Å²) in [6.45, 7) is 4.48. The molecular weight excluding hydrogens is 256 g/mol. The van der Waals surface area contributed by atoms with Gasteiger partial charge < -0.3 is 4.74 Å². The first-order valence-electron chi connectivity index (χ1n) is 5.08. The number of benzene rings is 1. The number of rotatable bonds is 4. The van der Waals surface area contributed by atoms with E-state index >= 15 is 0 Å². The van der Waals surface area contributed by atoms with E-state index in [-0.39, 0.29) is 5.97 Å². The van der Waals surface area contributed by atoms with E-state index in [2.05, 4.69) is 22.9 Å². The molecule has 0 saturated heterocycles. The van der Waals surface area contributed by atoms with Crippen molar-refractivity contribution in [2.24, 2.45) is 0 Å². The minimum Gasteiger partial charge on any atom is -0.462 e. The lowest BCUT2D eigenvalue weighted by molar-refractivity contribution is 0.0499. The number of esters is 1. The summed E-state index contributed by atoms with van der Waals surface area (Å²) in [5.41, 5.74) is 1.58. The summed E-state index contributed by atoms with van der Waals surface area (Å²) < 4.78 is 6.11. The second kappa shape index (κ2) is 5.91. The van der Waals surface area contributed by atoms with Crippen LogP contribution in [0.4, 0.5) is 0 Å². The molecule has 0 saturated carbocycles. The molecular formula is C12H15BrO2. The minimum absolute atomic E-state index is 0.228. The van der Waals surface area contributed by atoms with Crippen LogP contribution in [-0.4, -0.2) is 12.6 Å². The highest BCUT2D eigenvalue weighted by Crippen LogP contribution is 2.16. The SMILES string of the molecule is CCCCOC(=O)c1ccc(Br)cc1C. The molecule has 0 amide bonds. The van der Waals surface area contributed by atoms with E-state index in [1.165, 1.54) is 0 Å². The van der Waals surface area contributed by atoms with Crippen LogP contribution in [0, 0.1) is 6.92 Å². The van der Waals surface area contributed by atoms with Crippen molar-refractivity contribution in [1.82, 2.24) is 0 Å². The topological polar surface area (TPSA) is 26.3 Å². The van der Waals surface area contributed by atoms with Crippen LogP contribution < -0.4 is 0 Å². The lowest BCUT2D eigenvalue weighted by Crippen LogP contribution is -2.07. The van der Waals surface area contributed by atoms with Crippen LogP contribution in [0.5, 0.6) is 0 Å². The number of ether oxygens (including phenoxy) is 1. The Morgan fingerprint density at radius 1 is 1.47 bits per heavy atom. The van der Waals surface area contributed by atoms with Gasteiger partial charge in [0.1, 0.15) is 0 Å². The predicted octanol–water partition coefficient (Wildman–Crippen LogP) is 3.71. The smallest absolute Gasteiger partial charge is 0.338 e. The molecule has 0 fully saturated rings. The van der Waals surface area contributed by atoms with Gasteiger partial charge >= 0.3 is 5.97 Å². The Hall–Kier alpha value is -0.830. The minimum atomic E-state index is -0.228. The molecule has 0 spiro atoms. The van der Waals surface area contributed by atoms with Gasteiger partial charge in [0.15, 0.2) is 0 Å². The van der Waals surface area contributed by atoms with Gasteiger partial charge in [-0.15, -0.1) is 0 Å². The third-order valence-electron chi connectivity index (χ3n) is 2.14. The van der Waals surface area contributed by atoms with Gasteiger partial charge in [0.05, 0.1) is 12.2 Å². The van der Waals surface area contributed by atoms with E-state index in [1.807, 2.05) is 19.1 Å². The largest absolute Gasteiger partial charge is 0.462 e. The molecule has 0 unspecified atom stereocenters. The van der Waals surface area contributed by atoms with Crippen LogP contribution in [-0.2, 0) is 4.74 Å². The van der Waals surface area contributed by atoms with Crippen LogP contribution >= 0.6 is 15.9 Å². The zero-order chi connectivity index (χ0) is 11.3. The van der Waals surface area contributed by atoms with E-state index in [0.29, 0.717) is 12.2 Å². The first-order chi connectivity index (χ1) is 7.15. The fourth-order valence-electron chi connectivity index (χ4n) is 1.24. The van der Waals surface area contributed by atoms with Crippen LogP contribution in [0.2, 0.25) is 0 Å². The number of carbonyl (C=O) groups excluding carboxylic acids is 1. The molecule has 1 aromatic rings. The molecule has 0 aliphatic rings. The molecule has 0 aromatic heterocycles. The Balaban J connectivity index is 2.65. The summed E-state index contributed by atoms with van der Waals surface area (Å²) in [5, 5.41) is 0. The van der Waals surface area contributed by atoms with Gasteiger partial charge in [-0.2, -0.15) is 0 Å². The first kappa shape index (κ1) is 12.2. The fraction of sp³-hybridized carbons (Fsp3) is 0.417. The van der Waals surface area contributed by atoms with E-state index in [4.69, 9.17) is 4.74 Å². The molecule has 82 valence electrons. The highest BCUT2D eigenvalue weighted by molar-refractivity contribution is 9.10. The molecule has 0 radical (unpaired) electrons. The lowest BCUT2D eigenvalue weighted by Gasteiger charge is -2.06. The normalized spacial score (nSPS) is 10.1. The maximum atomic E-state index is 11.6. The summed E-state index contributed by atoms with van der Waals surface area (Å²) >= 11 is 3.36. The highest BCUT2D eigenvalue weighted by atomic mass is 79.9. The van der Waals surface area contributed by atoms with Gasteiger partial charge in [-0.3, -0.25) is 0 Å². The van der Waals surface area contributed by atoms with E-state index in [1.54, 1.807) is 6.07 Å². The van der Waals surface area contributed by atoms with E-state index in [0.717, 1.165) is 22.9 Å². The summed E-state index contributed by atoms with van der Waals surface area (Å²) in [6.07, 6.45) is 1.95. The molecule has 0 atom stereocenters. The summed E-state index contributed by atoms with van der Waals surface area (Å²) in [4.78, 5) is 11.6. The van der Waals surface area contributed by atoms with Crippen LogP contribution in [0.15, 0.2) is 22.7 Å². The van der Waals surface area contributed by atoms with Gasteiger partial charge in [-0.25, -0.2) is 4.79 Å². The molecule has 3 heteroatoms. The average Bonchev–Trinajstić information content (AvgIpc) is 2.17. The van der Waals surface area contributed by atoms with Crippen molar-refractivity contribution in [3.8, 4) is 0 Å². The molecule has 0 aliphatic carbocycles. The molecule has 1 rings (SSSR count). The highest BCUT2D eigenvalue weighted by Gasteiger charge is 2.09. The fourth-order valence-corrected chi connectivity index (χ4v) is 1.72. The van der Waals surface area contributed by atoms with Gasteiger partial charge in [-0.05, 0) is 37.1 Å². The second-order valence-electron chi connectivity index (χ2n) is 3.45. The third kappa shape index (κ3) is 3.67. The van der Waals surface area contributed by atoms with Crippen molar-refractivity contribution in [1.29, 1.82) is 0 Å². The molecule has 0 heterocycles. The molecule has 0 aliphatic heterocycles. The van der Waals surface area contributed by atoms with Crippen molar-refractivity contribution in [2.75, 3.05) is 6.61 Å². The van der Waals surface area contributed by atoms with Gasteiger partial charge in [0.2, 0.25) is 0 Å². The molecule has 0 bridgehead atoms. The number of unbranched alkanes of at least 4 members (excludes halogenated alkanes) is 1. The average molecular weight is 271 g/mol. The van der Waals surface area contributed by atoms with Gasteiger partial charge in [0.25, 0.3) is 0 Å². The monoisotopic (exact) mass is 270 g/mol. The van der Waals surface area contributed by atoms with Crippen molar-refractivity contribution in [3.63, 3.8) is 0 Å². The maximum absolute atomic E-state index is 11.6. The number of halogens is 1. The Labute approximate surface area is 98.8 Å². The summed E-state index contributed by atoms with van der Waals surface area (Å²) in [5.74, 6) is -0.228. The molecule has 2 nitrogen and oxygen atoms in total. The number of hydrogen-bond donors (Lipinski definition) is 0. The van der Waals surface area contributed by atoms with Crippen molar-refractivity contribution < 1.29 is 9.53 Å². The first-order valence-corrected chi connectivity index (χ1v) is 5.87. The molecule has 0 N–H and O–H groups in total. The van der Waals surface area contributed by atoms with Crippen molar-refractivity contribution in [3.05, 3.63) is 33.8 Å². The van der Waals surface area contributed by atoms with E-state index in [9.17, 15) is 4.79 Å². The Bertz CT molecular complexity index is 347. The second-order valence-corrected chi connectivity index (χ2v) is 4.36. The van der Waals surface area contributed by atoms with Crippen LogP contribution in [0.25, 0.3) is 0 Å². The van der Waals surface area contributed by atoms with E-state index < -0.39 is 0 Å². The van der Waals surface area contributed by atoms with Crippen LogP contribution in [0.1, 0.15) is 35.7 Å². The summed E-state index contributed by atoms with van der Waals surface area (Å²) in [7, 11) is 0. The Morgan fingerprint density at radius 2 is 2.20 bits per heavy atom.